The molecule has 17 heavy (non-hydrogen) atoms. The summed E-state index contributed by atoms with van der Waals surface area (Å²) in [6.07, 6.45) is 0. The molecule has 0 saturated carbocycles. The first-order valence-electron chi connectivity index (χ1n) is 5.37. The van der Waals surface area contributed by atoms with E-state index in [-0.39, 0.29) is 11.9 Å². The van der Waals surface area contributed by atoms with Crippen molar-refractivity contribution < 1.29 is 4.39 Å². The second-order valence-corrected chi connectivity index (χ2v) is 5.79. The van der Waals surface area contributed by atoms with Crippen LogP contribution in [-0.4, -0.2) is 0 Å². The molecule has 1 nitrogen and oxygen atoms in total. The SMILES string of the molecule is C[C@H](NCc1cc(F)cc(Br)c1)c1cccs1. The molecule has 1 aromatic heterocycles. The minimum absolute atomic E-state index is 0.208. The molecule has 2 aromatic rings. The summed E-state index contributed by atoms with van der Waals surface area (Å²) in [5.41, 5.74) is 0.945. The topological polar surface area (TPSA) is 12.0 Å². The third-order valence-corrected chi connectivity index (χ3v) is 4.02. The van der Waals surface area contributed by atoms with Crippen LogP contribution in [0.5, 0.6) is 0 Å². The van der Waals surface area contributed by atoms with Crippen molar-refractivity contribution >= 4 is 27.3 Å². The molecule has 0 radical (unpaired) electrons. The zero-order chi connectivity index (χ0) is 12.3. The van der Waals surface area contributed by atoms with E-state index < -0.39 is 0 Å². The van der Waals surface area contributed by atoms with Gasteiger partial charge in [-0.1, -0.05) is 22.0 Å². The first kappa shape index (κ1) is 12.7. The predicted octanol–water partition coefficient (Wildman–Crippen LogP) is 4.50. The van der Waals surface area contributed by atoms with E-state index in [9.17, 15) is 4.39 Å². The Morgan fingerprint density at radius 2 is 2.24 bits per heavy atom. The van der Waals surface area contributed by atoms with E-state index in [1.165, 1.54) is 10.9 Å². The van der Waals surface area contributed by atoms with Crippen LogP contribution in [0.3, 0.4) is 0 Å². The molecule has 0 aliphatic carbocycles. The molecule has 0 saturated heterocycles. The highest BCUT2D eigenvalue weighted by Gasteiger charge is 2.06. The van der Waals surface area contributed by atoms with E-state index in [1.807, 2.05) is 12.1 Å². The number of hydrogen-bond donors (Lipinski definition) is 1. The monoisotopic (exact) mass is 313 g/mol. The van der Waals surface area contributed by atoms with Gasteiger partial charge >= 0.3 is 0 Å². The van der Waals surface area contributed by atoms with Crippen molar-refractivity contribution in [3.05, 3.63) is 56.4 Å². The quantitative estimate of drug-likeness (QED) is 0.876. The molecule has 1 aromatic carbocycles. The number of rotatable bonds is 4. The normalized spacial score (nSPS) is 12.6. The molecule has 0 aliphatic heterocycles. The second kappa shape index (κ2) is 5.76. The summed E-state index contributed by atoms with van der Waals surface area (Å²) in [5, 5.41) is 5.44. The molecule has 1 atom stereocenters. The molecular weight excluding hydrogens is 301 g/mol. The Morgan fingerprint density at radius 3 is 2.88 bits per heavy atom. The van der Waals surface area contributed by atoms with Crippen LogP contribution in [-0.2, 0) is 6.54 Å². The Bertz CT molecular complexity index is 464. The van der Waals surface area contributed by atoms with Gasteiger partial charge in [0.1, 0.15) is 5.82 Å². The minimum Gasteiger partial charge on any atom is -0.305 e. The third-order valence-electron chi connectivity index (χ3n) is 2.50. The summed E-state index contributed by atoms with van der Waals surface area (Å²) in [4.78, 5) is 1.29. The summed E-state index contributed by atoms with van der Waals surface area (Å²) in [6.45, 7) is 2.77. The van der Waals surface area contributed by atoms with Crippen LogP contribution in [0.25, 0.3) is 0 Å². The zero-order valence-corrected chi connectivity index (χ0v) is 11.8. The lowest BCUT2D eigenvalue weighted by Crippen LogP contribution is -2.17. The average molecular weight is 314 g/mol. The molecule has 1 N–H and O–H groups in total. The smallest absolute Gasteiger partial charge is 0.124 e. The van der Waals surface area contributed by atoms with Gasteiger partial charge in [-0.05, 0) is 42.1 Å². The van der Waals surface area contributed by atoms with E-state index >= 15 is 0 Å². The van der Waals surface area contributed by atoms with E-state index in [0.717, 1.165) is 10.0 Å². The maximum absolute atomic E-state index is 13.2. The van der Waals surface area contributed by atoms with Gasteiger partial charge in [-0.3, -0.25) is 0 Å². The first-order valence-corrected chi connectivity index (χ1v) is 7.04. The van der Waals surface area contributed by atoms with Gasteiger partial charge in [0, 0.05) is 21.9 Å². The summed E-state index contributed by atoms with van der Waals surface area (Å²) in [7, 11) is 0. The molecule has 0 amide bonds. The van der Waals surface area contributed by atoms with Crippen molar-refractivity contribution in [2.24, 2.45) is 0 Å². The summed E-state index contributed by atoms with van der Waals surface area (Å²) in [6, 6.07) is 9.38. The fraction of sp³-hybridized carbons (Fsp3) is 0.231. The van der Waals surface area contributed by atoms with Crippen molar-refractivity contribution in [3.63, 3.8) is 0 Å². The van der Waals surface area contributed by atoms with Gasteiger partial charge in [-0.15, -0.1) is 11.3 Å². The van der Waals surface area contributed by atoms with Crippen molar-refractivity contribution in [1.29, 1.82) is 0 Å². The highest BCUT2D eigenvalue weighted by molar-refractivity contribution is 9.10. The first-order chi connectivity index (χ1) is 8.15. The fourth-order valence-corrected chi connectivity index (χ4v) is 2.89. The standard InChI is InChI=1S/C13H13BrFNS/c1-9(13-3-2-4-17-13)16-8-10-5-11(14)7-12(15)6-10/h2-7,9,16H,8H2,1H3/t9-/m0/s1. The molecule has 0 aliphatic rings. The van der Waals surface area contributed by atoms with Crippen LogP contribution in [0.1, 0.15) is 23.4 Å². The second-order valence-electron chi connectivity index (χ2n) is 3.90. The van der Waals surface area contributed by atoms with E-state index in [2.05, 4.69) is 39.6 Å². The van der Waals surface area contributed by atoms with Gasteiger partial charge < -0.3 is 5.32 Å². The number of halogens is 2. The van der Waals surface area contributed by atoms with Gasteiger partial charge in [0.15, 0.2) is 0 Å². The highest BCUT2D eigenvalue weighted by Crippen LogP contribution is 2.19. The Labute approximate surface area is 113 Å². The van der Waals surface area contributed by atoms with Crippen molar-refractivity contribution in [2.75, 3.05) is 0 Å². The lowest BCUT2D eigenvalue weighted by molar-refractivity contribution is 0.576. The van der Waals surface area contributed by atoms with Gasteiger partial charge in [0.05, 0.1) is 0 Å². The largest absolute Gasteiger partial charge is 0.305 e. The molecule has 0 spiro atoms. The van der Waals surface area contributed by atoms with Crippen molar-refractivity contribution in [1.82, 2.24) is 5.32 Å². The maximum atomic E-state index is 13.2. The highest BCUT2D eigenvalue weighted by atomic mass is 79.9. The average Bonchev–Trinajstić information content (AvgIpc) is 2.78. The fourth-order valence-electron chi connectivity index (χ4n) is 1.62. The molecule has 0 unspecified atom stereocenters. The van der Waals surface area contributed by atoms with Gasteiger partial charge in [0.2, 0.25) is 0 Å². The molecule has 2 rings (SSSR count). The Morgan fingerprint density at radius 1 is 1.41 bits per heavy atom. The van der Waals surface area contributed by atoms with Crippen LogP contribution in [0.2, 0.25) is 0 Å². The molecule has 0 fully saturated rings. The van der Waals surface area contributed by atoms with Crippen LogP contribution in [0.15, 0.2) is 40.2 Å². The maximum Gasteiger partial charge on any atom is 0.124 e. The van der Waals surface area contributed by atoms with Crippen molar-refractivity contribution in [3.8, 4) is 0 Å². The number of nitrogens with one attached hydrogen (secondary N) is 1. The minimum atomic E-state index is -0.208. The number of hydrogen-bond acceptors (Lipinski definition) is 2. The number of thiophene rings is 1. The van der Waals surface area contributed by atoms with Crippen LogP contribution >= 0.6 is 27.3 Å². The summed E-state index contributed by atoms with van der Waals surface area (Å²) in [5.74, 6) is -0.208. The van der Waals surface area contributed by atoms with Gasteiger partial charge in [-0.2, -0.15) is 0 Å². The predicted molar refractivity (Wildman–Crippen MR) is 73.7 cm³/mol. The lowest BCUT2D eigenvalue weighted by atomic mass is 10.2. The Kier molecular flexibility index (Phi) is 4.31. The Balaban J connectivity index is 1.98. The molecular formula is C13H13BrFNS. The Hall–Kier alpha value is -0.710. The van der Waals surface area contributed by atoms with Crippen LogP contribution in [0, 0.1) is 5.82 Å². The summed E-state index contributed by atoms with van der Waals surface area (Å²) >= 11 is 5.02. The van der Waals surface area contributed by atoms with Crippen molar-refractivity contribution in [2.45, 2.75) is 19.5 Å². The molecule has 90 valence electrons. The zero-order valence-electron chi connectivity index (χ0n) is 9.41. The molecule has 4 heteroatoms. The third kappa shape index (κ3) is 3.63. The van der Waals surface area contributed by atoms with E-state index in [4.69, 9.17) is 0 Å². The van der Waals surface area contributed by atoms with E-state index in [1.54, 1.807) is 17.4 Å². The summed E-state index contributed by atoms with van der Waals surface area (Å²) < 4.78 is 13.9. The van der Waals surface area contributed by atoms with Gasteiger partial charge in [-0.25, -0.2) is 4.39 Å². The van der Waals surface area contributed by atoms with Crippen LogP contribution in [0.4, 0.5) is 4.39 Å². The lowest BCUT2D eigenvalue weighted by Gasteiger charge is -2.12. The molecule has 0 bridgehead atoms. The molecule has 1 heterocycles. The van der Waals surface area contributed by atoms with Gasteiger partial charge in [0.25, 0.3) is 0 Å². The van der Waals surface area contributed by atoms with E-state index in [0.29, 0.717) is 6.54 Å². The van der Waals surface area contributed by atoms with Crippen LogP contribution < -0.4 is 5.32 Å². The number of benzene rings is 1.